The Labute approximate surface area is 134 Å². The number of hydrogen-bond acceptors (Lipinski definition) is 2. The van der Waals surface area contributed by atoms with Crippen molar-refractivity contribution in [3.8, 4) is 5.75 Å². The summed E-state index contributed by atoms with van der Waals surface area (Å²) in [5, 5.41) is 9.46. The first kappa shape index (κ1) is 22.7. The predicted molar refractivity (Wildman–Crippen MR) is 93.1 cm³/mol. The maximum absolute atomic E-state index is 13.1. The van der Waals surface area contributed by atoms with Crippen molar-refractivity contribution in [2.24, 2.45) is 0 Å². The summed E-state index contributed by atoms with van der Waals surface area (Å²) >= 11 is 0. The van der Waals surface area contributed by atoms with Crippen LogP contribution in [0.2, 0.25) is 0 Å². The second-order valence-corrected chi connectivity index (χ2v) is 4.74. The molecular weight excluding hydrogens is 284 g/mol. The summed E-state index contributed by atoms with van der Waals surface area (Å²) in [6.07, 6.45) is 1.42. The SMILES string of the molecule is C/C(=C\N(C)c1c(C)cc(O)cc1C)C(C)(F)F.CC.CC. The summed E-state index contributed by atoms with van der Waals surface area (Å²) in [4.78, 5) is 1.66. The van der Waals surface area contributed by atoms with Crippen molar-refractivity contribution >= 4 is 5.69 Å². The predicted octanol–water partition coefficient (Wildman–Crippen LogP) is 6.06. The van der Waals surface area contributed by atoms with Crippen LogP contribution < -0.4 is 4.90 Å². The molecule has 4 heteroatoms. The highest BCUT2D eigenvalue weighted by molar-refractivity contribution is 5.62. The molecule has 0 fully saturated rings. The standard InChI is InChI=1S/C14H19F2NO.2C2H6/c1-9-6-12(18)7-10(2)13(9)17(5)8-11(3)14(4,15)16;2*1-2/h6-8,18H,1-5H3;2*1-2H3/b11-8+;;. The van der Waals surface area contributed by atoms with Gasteiger partial charge in [-0.15, -0.1) is 0 Å². The van der Waals surface area contributed by atoms with Crippen LogP contribution in [0.5, 0.6) is 5.75 Å². The lowest BCUT2D eigenvalue weighted by atomic mass is 10.1. The van der Waals surface area contributed by atoms with Gasteiger partial charge in [-0.3, -0.25) is 0 Å². The second kappa shape index (κ2) is 10.2. The number of phenols is 1. The number of phenolic OH excluding ortho intramolecular Hbond substituents is 1. The van der Waals surface area contributed by atoms with Crippen LogP contribution in [-0.2, 0) is 0 Å². The number of benzene rings is 1. The summed E-state index contributed by atoms with van der Waals surface area (Å²) in [6.45, 7) is 14.0. The van der Waals surface area contributed by atoms with Crippen LogP contribution in [0.1, 0.15) is 52.7 Å². The molecule has 0 amide bonds. The maximum Gasteiger partial charge on any atom is 0.268 e. The first-order valence-electron chi connectivity index (χ1n) is 7.72. The lowest BCUT2D eigenvalue weighted by Crippen LogP contribution is -2.18. The average Bonchev–Trinajstić information content (AvgIpc) is 2.40. The molecule has 1 aromatic rings. The average molecular weight is 315 g/mol. The molecule has 0 saturated carbocycles. The highest BCUT2D eigenvalue weighted by atomic mass is 19.3. The Morgan fingerprint density at radius 1 is 1.09 bits per heavy atom. The zero-order valence-electron chi connectivity index (χ0n) is 15.4. The zero-order valence-corrected chi connectivity index (χ0v) is 15.4. The van der Waals surface area contributed by atoms with Gasteiger partial charge in [-0.1, -0.05) is 27.7 Å². The lowest BCUT2D eigenvalue weighted by Gasteiger charge is -2.22. The molecule has 0 aliphatic heterocycles. The molecule has 1 N–H and O–H groups in total. The number of halogens is 2. The number of rotatable bonds is 3. The quantitative estimate of drug-likeness (QED) is 0.733. The lowest BCUT2D eigenvalue weighted by molar-refractivity contribution is 0.0632. The van der Waals surface area contributed by atoms with E-state index in [0.29, 0.717) is 0 Å². The molecule has 0 unspecified atom stereocenters. The fourth-order valence-corrected chi connectivity index (χ4v) is 1.96. The molecule has 1 rings (SSSR count). The van der Waals surface area contributed by atoms with E-state index in [1.54, 1.807) is 24.1 Å². The molecule has 0 bridgehead atoms. The van der Waals surface area contributed by atoms with Crippen LogP contribution in [0, 0.1) is 13.8 Å². The third-order valence-electron chi connectivity index (χ3n) is 2.91. The van der Waals surface area contributed by atoms with Crippen molar-refractivity contribution in [2.75, 3.05) is 11.9 Å². The van der Waals surface area contributed by atoms with Gasteiger partial charge in [0.1, 0.15) is 5.75 Å². The fourth-order valence-electron chi connectivity index (χ4n) is 1.96. The zero-order chi connectivity index (χ0) is 18.1. The Balaban J connectivity index is 0. The van der Waals surface area contributed by atoms with E-state index < -0.39 is 5.92 Å². The van der Waals surface area contributed by atoms with Gasteiger partial charge >= 0.3 is 0 Å². The van der Waals surface area contributed by atoms with E-state index in [4.69, 9.17) is 0 Å². The van der Waals surface area contributed by atoms with E-state index in [1.807, 2.05) is 41.5 Å². The molecule has 22 heavy (non-hydrogen) atoms. The van der Waals surface area contributed by atoms with Gasteiger partial charge in [0.15, 0.2) is 0 Å². The molecule has 0 aliphatic rings. The molecule has 0 saturated heterocycles. The van der Waals surface area contributed by atoms with Crippen LogP contribution in [0.4, 0.5) is 14.5 Å². The molecule has 1 aromatic carbocycles. The van der Waals surface area contributed by atoms with Gasteiger partial charge in [0.05, 0.1) is 0 Å². The van der Waals surface area contributed by atoms with Crippen molar-refractivity contribution in [2.45, 2.75) is 61.3 Å². The Morgan fingerprint density at radius 3 is 1.77 bits per heavy atom. The summed E-state index contributed by atoms with van der Waals surface area (Å²) in [6, 6.07) is 3.23. The summed E-state index contributed by atoms with van der Waals surface area (Å²) in [7, 11) is 1.72. The molecule has 0 heterocycles. The van der Waals surface area contributed by atoms with E-state index in [-0.39, 0.29) is 11.3 Å². The third kappa shape index (κ3) is 6.92. The van der Waals surface area contributed by atoms with Crippen molar-refractivity contribution in [3.63, 3.8) is 0 Å². The molecule has 0 atom stereocenters. The van der Waals surface area contributed by atoms with Crippen LogP contribution in [-0.4, -0.2) is 18.1 Å². The Morgan fingerprint density at radius 2 is 1.45 bits per heavy atom. The monoisotopic (exact) mass is 315 g/mol. The van der Waals surface area contributed by atoms with Gasteiger partial charge in [-0.05, 0) is 44.0 Å². The van der Waals surface area contributed by atoms with Crippen LogP contribution >= 0.6 is 0 Å². The van der Waals surface area contributed by atoms with Gasteiger partial charge in [0.25, 0.3) is 5.92 Å². The summed E-state index contributed by atoms with van der Waals surface area (Å²) in [5.74, 6) is -2.64. The molecule has 0 spiro atoms. The van der Waals surface area contributed by atoms with Crippen molar-refractivity contribution in [1.82, 2.24) is 0 Å². The number of allylic oxidation sites excluding steroid dienone is 1. The van der Waals surface area contributed by atoms with E-state index in [9.17, 15) is 13.9 Å². The highest BCUT2D eigenvalue weighted by Crippen LogP contribution is 2.30. The number of hydrogen-bond donors (Lipinski definition) is 1. The van der Waals surface area contributed by atoms with E-state index in [0.717, 1.165) is 23.7 Å². The van der Waals surface area contributed by atoms with Crippen molar-refractivity contribution in [1.29, 1.82) is 0 Å². The fraction of sp³-hybridized carbons (Fsp3) is 0.556. The smallest absolute Gasteiger partial charge is 0.268 e. The number of aromatic hydroxyl groups is 1. The maximum atomic E-state index is 13.1. The molecule has 0 aromatic heterocycles. The Bertz CT molecular complexity index is 453. The molecule has 2 nitrogen and oxygen atoms in total. The minimum Gasteiger partial charge on any atom is -0.508 e. The number of alkyl halides is 2. The van der Waals surface area contributed by atoms with Crippen LogP contribution in [0.3, 0.4) is 0 Å². The van der Waals surface area contributed by atoms with Crippen LogP contribution in [0.15, 0.2) is 23.9 Å². The number of aryl methyl sites for hydroxylation is 2. The first-order chi connectivity index (χ1) is 10.1. The molecular formula is C18H31F2NO. The van der Waals surface area contributed by atoms with Crippen molar-refractivity contribution < 1.29 is 13.9 Å². The minimum absolute atomic E-state index is 0.00289. The van der Waals surface area contributed by atoms with Gasteiger partial charge in [0.2, 0.25) is 0 Å². The summed E-state index contributed by atoms with van der Waals surface area (Å²) < 4.78 is 26.2. The molecule has 0 radical (unpaired) electrons. The normalized spacial score (nSPS) is 11.0. The third-order valence-corrected chi connectivity index (χ3v) is 2.91. The summed E-state index contributed by atoms with van der Waals surface area (Å²) in [5.41, 5.74) is 2.52. The number of nitrogens with zero attached hydrogens (tertiary/aromatic N) is 1. The molecule has 128 valence electrons. The van der Waals surface area contributed by atoms with E-state index in [1.165, 1.54) is 13.1 Å². The van der Waals surface area contributed by atoms with Gasteiger partial charge < -0.3 is 10.0 Å². The van der Waals surface area contributed by atoms with Gasteiger partial charge in [-0.2, -0.15) is 0 Å². The first-order valence-corrected chi connectivity index (χ1v) is 7.72. The topological polar surface area (TPSA) is 23.5 Å². The Kier molecular flexibility index (Phi) is 10.5. The minimum atomic E-state index is -2.83. The van der Waals surface area contributed by atoms with E-state index >= 15 is 0 Å². The second-order valence-electron chi connectivity index (χ2n) is 4.74. The number of anilines is 1. The largest absolute Gasteiger partial charge is 0.508 e. The Hall–Kier alpha value is -1.58. The molecule has 0 aliphatic carbocycles. The van der Waals surface area contributed by atoms with E-state index in [2.05, 4.69) is 0 Å². The van der Waals surface area contributed by atoms with Gasteiger partial charge in [0, 0.05) is 31.4 Å². The highest BCUT2D eigenvalue weighted by Gasteiger charge is 2.24. The van der Waals surface area contributed by atoms with Gasteiger partial charge in [-0.25, -0.2) is 8.78 Å². The van der Waals surface area contributed by atoms with Crippen molar-refractivity contribution in [3.05, 3.63) is 35.0 Å². The van der Waals surface area contributed by atoms with Crippen LogP contribution in [0.25, 0.3) is 0 Å².